The largest absolute Gasteiger partial charge is 0.456 e. The molecule has 0 N–H and O–H groups in total. The van der Waals surface area contributed by atoms with E-state index < -0.39 is 0 Å². The van der Waals surface area contributed by atoms with E-state index in [0.29, 0.717) is 0 Å². The lowest BCUT2D eigenvalue weighted by molar-refractivity contribution is 0.663. The van der Waals surface area contributed by atoms with Crippen molar-refractivity contribution in [2.75, 3.05) is 0 Å². The fourth-order valence-corrected chi connectivity index (χ4v) is 10.7. The summed E-state index contributed by atoms with van der Waals surface area (Å²) in [6.07, 6.45) is 0. The molecule has 0 aliphatic rings. The summed E-state index contributed by atoms with van der Waals surface area (Å²) in [6, 6.07) is 66.1. The zero-order valence-electron chi connectivity index (χ0n) is 30.5. The third-order valence-electron chi connectivity index (χ3n) is 12.1. The average Bonchev–Trinajstić information content (AvgIpc) is 3.96. The zero-order chi connectivity index (χ0) is 37.2. The molecule has 13 aromatic rings. The highest BCUT2D eigenvalue weighted by Crippen LogP contribution is 2.47. The Hall–Kier alpha value is -7.20. The molecule has 2 nitrogen and oxygen atoms in total. The van der Waals surface area contributed by atoms with Crippen LogP contribution in [0.1, 0.15) is 0 Å². The van der Waals surface area contributed by atoms with Crippen LogP contribution in [0.25, 0.3) is 130 Å². The first-order chi connectivity index (χ1) is 28.3. The van der Waals surface area contributed by atoms with Crippen LogP contribution < -0.4 is 0 Å². The third-order valence-corrected chi connectivity index (χ3v) is 13.2. The predicted octanol–water partition coefficient (Wildman–Crippen LogP) is 16.3. The molecular weight excluding hydrogens is 713 g/mol. The first kappa shape index (κ1) is 31.1. The van der Waals surface area contributed by atoms with Crippen molar-refractivity contribution in [2.24, 2.45) is 0 Å². The predicted molar refractivity (Wildman–Crippen MR) is 243 cm³/mol. The van der Waals surface area contributed by atoms with Crippen LogP contribution in [0.15, 0.2) is 191 Å². The molecule has 0 fully saturated rings. The molecule has 0 atom stereocenters. The summed E-state index contributed by atoms with van der Waals surface area (Å²) in [4.78, 5) is 0. The lowest BCUT2D eigenvalue weighted by Crippen LogP contribution is -1.91. The van der Waals surface area contributed by atoms with Crippen LogP contribution in [0.5, 0.6) is 0 Å². The second-order valence-corrected chi connectivity index (χ2v) is 16.2. The van der Waals surface area contributed by atoms with E-state index in [4.69, 9.17) is 8.83 Å². The van der Waals surface area contributed by atoms with Gasteiger partial charge in [-0.1, -0.05) is 140 Å². The van der Waals surface area contributed by atoms with Crippen LogP contribution >= 0.6 is 11.3 Å². The molecule has 0 spiro atoms. The molecular formula is C54H30O2S. The number of hydrogen-bond acceptors (Lipinski definition) is 3. The standard InChI is InChI=1S/C54H30O2S/c1-2-14-37-34(11-1)43(30-47-52(37)53-46(55-47)27-26-42-35-12-7-9-19-45(35)56-54(42)53)31-21-23-32(24-22-31)50-38-15-3-5-17-40(38)51(41-18-6-4-16-39(41)50)33-25-28-49-44(29-33)36-13-8-10-20-48(36)57-49/h1-30H. The van der Waals surface area contributed by atoms with Crippen molar-refractivity contribution < 1.29 is 8.83 Å². The van der Waals surface area contributed by atoms with E-state index in [1.165, 1.54) is 69.4 Å². The Balaban J connectivity index is 0.996. The maximum atomic E-state index is 6.64. The molecule has 10 aromatic carbocycles. The van der Waals surface area contributed by atoms with Gasteiger partial charge in [0.25, 0.3) is 0 Å². The Morgan fingerprint density at radius 2 is 0.860 bits per heavy atom. The van der Waals surface area contributed by atoms with Crippen molar-refractivity contribution in [3.63, 3.8) is 0 Å². The SMILES string of the molecule is c1ccc2c(c1)oc1c2ccc2oc3cc(-c4ccc(-c5c6ccccc6c(-c6ccc7sc8ccccc8c7c6)c6ccccc56)cc4)c4ccccc4c3c21. The van der Waals surface area contributed by atoms with E-state index in [0.717, 1.165) is 60.4 Å². The van der Waals surface area contributed by atoms with Gasteiger partial charge >= 0.3 is 0 Å². The Bertz CT molecular complexity index is 3750. The lowest BCUT2D eigenvalue weighted by atomic mass is 9.85. The van der Waals surface area contributed by atoms with Gasteiger partial charge in [-0.25, -0.2) is 0 Å². The number of fused-ring (bicyclic) bond motifs is 14. The highest BCUT2D eigenvalue weighted by atomic mass is 32.1. The van der Waals surface area contributed by atoms with Crippen molar-refractivity contribution in [3.05, 3.63) is 182 Å². The van der Waals surface area contributed by atoms with Crippen LogP contribution in [0.2, 0.25) is 0 Å². The van der Waals surface area contributed by atoms with Crippen molar-refractivity contribution in [3.8, 4) is 33.4 Å². The van der Waals surface area contributed by atoms with Crippen molar-refractivity contribution in [2.45, 2.75) is 0 Å². The summed E-state index contributed by atoms with van der Waals surface area (Å²) in [5.74, 6) is 0. The van der Waals surface area contributed by atoms with Gasteiger partial charge in [-0.2, -0.15) is 0 Å². The molecule has 57 heavy (non-hydrogen) atoms. The van der Waals surface area contributed by atoms with E-state index in [-0.39, 0.29) is 0 Å². The van der Waals surface area contributed by atoms with E-state index >= 15 is 0 Å². The zero-order valence-corrected chi connectivity index (χ0v) is 31.4. The smallest absolute Gasteiger partial charge is 0.147 e. The average molecular weight is 743 g/mol. The molecule has 3 aromatic heterocycles. The van der Waals surface area contributed by atoms with Gasteiger partial charge in [0, 0.05) is 36.3 Å². The maximum Gasteiger partial charge on any atom is 0.147 e. The minimum Gasteiger partial charge on any atom is -0.456 e. The number of rotatable bonds is 3. The van der Waals surface area contributed by atoms with Crippen LogP contribution in [0.3, 0.4) is 0 Å². The van der Waals surface area contributed by atoms with Crippen molar-refractivity contribution >= 4 is 108 Å². The monoisotopic (exact) mass is 742 g/mol. The molecule has 0 saturated heterocycles. The van der Waals surface area contributed by atoms with Crippen LogP contribution in [0.4, 0.5) is 0 Å². The number of benzene rings is 10. The first-order valence-electron chi connectivity index (χ1n) is 19.4. The first-order valence-corrected chi connectivity index (χ1v) is 20.2. The minimum absolute atomic E-state index is 0.833. The van der Waals surface area contributed by atoms with Crippen LogP contribution in [-0.4, -0.2) is 0 Å². The van der Waals surface area contributed by atoms with Crippen LogP contribution in [-0.2, 0) is 0 Å². The maximum absolute atomic E-state index is 6.64. The van der Waals surface area contributed by atoms with Gasteiger partial charge in [0.2, 0.25) is 0 Å². The normalized spacial score (nSPS) is 12.2. The van der Waals surface area contributed by atoms with E-state index in [1.807, 2.05) is 23.5 Å². The Morgan fingerprint density at radius 1 is 0.298 bits per heavy atom. The van der Waals surface area contributed by atoms with Gasteiger partial charge < -0.3 is 8.83 Å². The summed E-state index contributed by atoms with van der Waals surface area (Å²) in [5.41, 5.74) is 10.7. The molecule has 0 unspecified atom stereocenters. The number of furan rings is 2. The second kappa shape index (κ2) is 11.7. The molecule has 0 amide bonds. The molecule has 0 aliphatic heterocycles. The van der Waals surface area contributed by atoms with Gasteiger partial charge in [0.1, 0.15) is 22.3 Å². The van der Waals surface area contributed by atoms with Gasteiger partial charge in [0.05, 0.1) is 5.39 Å². The highest BCUT2D eigenvalue weighted by Gasteiger charge is 2.21. The fourth-order valence-electron chi connectivity index (χ4n) is 9.59. The summed E-state index contributed by atoms with van der Waals surface area (Å²) in [7, 11) is 0. The second-order valence-electron chi connectivity index (χ2n) is 15.1. The van der Waals surface area contributed by atoms with Crippen molar-refractivity contribution in [1.82, 2.24) is 0 Å². The summed E-state index contributed by atoms with van der Waals surface area (Å²) in [5, 5.41) is 14.3. The molecule has 3 heteroatoms. The van der Waals surface area contributed by atoms with Gasteiger partial charge in [0.15, 0.2) is 0 Å². The molecule has 264 valence electrons. The molecule has 13 rings (SSSR count). The molecule has 3 heterocycles. The Morgan fingerprint density at radius 3 is 1.60 bits per heavy atom. The molecule has 0 aliphatic carbocycles. The quantitative estimate of drug-likeness (QED) is 0.169. The topological polar surface area (TPSA) is 26.3 Å². The molecule has 0 radical (unpaired) electrons. The summed E-state index contributed by atoms with van der Waals surface area (Å²) in [6.45, 7) is 0. The van der Waals surface area contributed by atoms with Gasteiger partial charge in [-0.05, 0) is 108 Å². The lowest BCUT2D eigenvalue weighted by Gasteiger charge is -2.18. The number of thiophene rings is 1. The Labute approximate surface area is 330 Å². The minimum atomic E-state index is 0.833. The third kappa shape index (κ3) is 4.40. The number of para-hydroxylation sites is 1. The highest BCUT2D eigenvalue weighted by molar-refractivity contribution is 7.25. The number of hydrogen-bond donors (Lipinski definition) is 0. The van der Waals surface area contributed by atoms with E-state index in [2.05, 4.69) is 170 Å². The summed E-state index contributed by atoms with van der Waals surface area (Å²) >= 11 is 1.87. The Kier molecular flexibility index (Phi) is 6.35. The molecule has 0 saturated carbocycles. The van der Waals surface area contributed by atoms with Gasteiger partial charge in [-0.15, -0.1) is 11.3 Å². The summed E-state index contributed by atoms with van der Waals surface area (Å²) < 4.78 is 15.8. The molecule has 0 bridgehead atoms. The fraction of sp³-hybridized carbons (Fsp3) is 0. The van der Waals surface area contributed by atoms with E-state index in [9.17, 15) is 0 Å². The van der Waals surface area contributed by atoms with E-state index in [1.54, 1.807) is 0 Å². The van der Waals surface area contributed by atoms with Gasteiger partial charge in [-0.3, -0.25) is 0 Å². The van der Waals surface area contributed by atoms with Crippen LogP contribution in [0, 0.1) is 0 Å². The van der Waals surface area contributed by atoms with Crippen molar-refractivity contribution in [1.29, 1.82) is 0 Å².